The lowest BCUT2D eigenvalue weighted by Crippen LogP contribution is -2.72. The summed E-state index contributed by atoms with van der Waals surface area (Å²) in [7, 11) is 0. The van der Waals surface area contributed by atoms with E-state index in [1.165, 1.54) is 12.1 Å². The van der Waals surface area contributed by atoms with Gasteiger partial charge in [0.05, 0.1) is 11.5 Å². The molecule has 324 valence electrons. The van der Waals surface area contributed by atoms with Gasteiger partial charge in [0, 0.05) is 94.4 Å². The van der Waals surface area contributed by atoms with Gasteiger partial charge in [-0.1, -0.05) is 19.9 Å². The molecule has 2 bridgehead atoms. The van der Waals surface area contributed by atoms with Gasteiger partial charge in [-0.3, -0.25) is 29.5 Å². The summed E-state index contributed by atoms with van der Waals surface area (Å²) in [5.41, 5.74) is -0.402. The number of hydrogen-bond donors (Lipinski definition) is 2. The van der Waals surface area contributed by atoms with Crippen LogP contribution < -0.4 is 10.6 Å². The summed E-state index contributed by atoms with van der Waals surface area (Å²) in [6, 6.07) is 3.45. The first kappa shape index (κ1) is 44.7. The molecule has 1 aromatic rings. The third-order valence-electron chi connectivity index (χ3n) is 12.5. The number of nitro benzene ring substituents is 1. The molecular formula is C40H60Cl2N6O10. The second-order valence-corrected chi connectivity index (χ2v) is 18.5. The molecule has 0 radical (unpaired) electrons. The quantitative estimate of drug-likeness (QED) is 0.114. The molecule has 5 aliphatic heterocycles. The van der Waals surface area contributed by atoms with E-state index in [1.807, 2.05) is 16.7 Å². The Hall–Kier alpha value is -2.83. The Kier molecular flexibility index (Phi) is 14.2. The zero-order valence-corrected chi connectivity index (χ0v) is 36.0. The minimum atomic E-state index is -1.09. The molecular weight excluding hydrogens is 795 g/mol. The number of benzene rings is 1. The van der Waals surface area contributed by atoms with Gasteiger partial charge in [-0.2, -0.15) is 0 Å². The maximum absolute atomic E-state index is 14.2. The minimum Gasteiger partial charge on any atom is -0.444 e. The molecule has 6 fully saturated rings. The normalized spacial score (nSPS) is 31.6. The molecule has 18 heteroatoms. The maximum atomic E-state index is 14.2. The summed E-state index contributed by atoms with van der Waals surface area (Å²) in [6.07, 6.45) is 1.55. The van der Waals surface area contributed by atoms with Crippen molar-refractivity contribution in [2.45, 2.75) is 116 Å². The van der Waals surface area contributed by atoms with E-state index in [0.717, 1.165) is 24.8 Å². The molecule has 0 aromatic heterocycles. The van der Waals surface area contributed by atoms with Crippen molar-refractivity contribution >= 4 is 46.8 Å². The molecule has 1 aliphatic carbocycles. The van der Waals surface area contributed by atoms with Crippen LogP contribution in [0.2, 0.25) is 0 Å². The molecule has 3 amide bonds. The van der Waals surface area contributed by atoms with Gasteiger partial charge in [-0.25, -0.2) is 14.6 Å². The van der Waals surface area contributed by atoms with Crippen LogP contribution in [-0.4, -0.2) is 131 Å². The highest BCUT2D eigenvalue weighted by Gasteiger charge is 2.69. The second-order valence-electron chi connectivity index (χ2n) is 17.8. The van der Waals surface area contributed by atoms with Crippen LogP contribution in [-0.2, 0) is 46.5 Å². The average molecular weight is 856 g/mol. The molecule has 7 rings (SSSR count). The molecule has 6 aliphatic rings. The van der Waals surface area contributed by atoms with Crippen LogP contribution in [0.5, 0.6) is 0 Å². The fraction of sp³-hybridized carbons (Fsp3) is 0.775. The summed E-state index contributed by atoms with van der Waals surface area (Å²) in [6.45, 7) is 14.4. The van der Waals surface area contributed by atoms with Crippen molar-refractivity contribution in [3.05, 3.63) is 39.4 Å². The van der Waals surface area contributed by atoms with E-state index in [9.17, 15) is 24.5 Å². The summed E-state index contributed by atoms with van der Waals surface area (Å²) < 4.78 is 18.5. The molecule has 2 N–H and O–H groups in total. The highest BCUT2D eigenvalue weighted by molar-refractivity contribution is 6.18. The van der Waals surface area contributed by atoms with Gasteiger partial charge in [-0.15, -0.1) is 23.2 Å². The Labute approximate surface area is 350 Å². The Bertz CT molecular complexity index is 1660. The zero-order chi connectivity index (χ0) is 42.0. The van der Waals surface area contributed by atoms with Gasteiger partial charge < -0.3 is 29.7 Å². The summed E-state index contributed by atoms with van der Waals surface area (Å²) in [5, 5.41) is 17.7. The zero-order valence-electron chi connectivity index (χ0n) is 34.5. The van der Waals surface area contributed by atoms with Gasteiger partial charge in [-0.05, 0) is 69.9 Å². The number of alkyl carbamates (subject to hydrolysis) is 1. The van der Waals surface area contributed by atoms with Crippen LogP contribution in [0, 0.1) is 33.8 Å². The number of nitrogens with one attached hydrogen (secondary N) is 2. The third kappa shape index (κ3) is 10.0. The lowest BCUT2D eigenvalue weighted by Gasteiger charge is -2.60. The number of non-ortho nitro benzene ring substituents is 1. The van der Waals surface area contributed by atoms with Crippen LogP contribution in [0.4, 0.5) is 10.5 Å². The lowest BCUT2D eigenvalue weighted by atomic mass is 9.58. The SMILES string of the molecule is C[C@H]1[C@@H](NC(=O)CN2CCN(C(=O)[C@H](Cc3cc([N+](=O)[O-])ccc3CN(CCCl)CCCl)NC(=O)OC(C)(C)C)CC2)O[C@@H]2OC3(C)CCC4[C@H](C)CC[C@@H]1C42OO3. The number of piperazine rings is 1. The van der Waals surface area contributed by atoms with E-state index in [2.05, 4.69) is 24.5 Å². The lowest BCUT2D eigenvalue weighted by molar-refractivity contribution is -0.571. The van der Waals surface area contributed by atoms with Gasteiger partial charge in [0.15, 0.2) is 11.9 Å². The number of ether oxygens (including phenoxy) is 3. The number of amides is 3. The van der Waals surface area contributed by atoms with Crippen molar-refractivity contribution in [1.29, 1.82) is 0 Å². The van der Waals surface area contributed by atoms with Crippen LogP contribution in [0.25, 0.3) is 0 Å². The molecule has 1 aromatic carbocycles. The smallest absolute Gasteiger partial charge is 0.408 e. The first-order valence-electron chi connectivity index (χ1n) is 20.6. The fourth-order valence-corrected chi connectivity index (χ4v) is 9.99. The van der Waals surface area contributed by atoms with E-state index < -0.39 is 46.6 Å². The number of alkyl halides is 2. The standard InChI is InChI=1S/C40H60Cl2N6O10/c1-25-7-10-31-26(2)34(54-36-40(31)30(25)11-12-39(6,55-36)57-58-40)44-33(49)24-46-17-19-47(20-18-46)35(50)32(43-37(51)56-38(3,4)5)22-28-21-29(48(52)53)9-8-27(28)23-45(15-13-41)16-14-42/h8-9,21,25-26,30-32,34,36H,7,10-20,22-24H2,1-6H3,(H,43,51)(H,44,49)/t25-,26-,30?,31+,32+,34+,36-,39?,40?/m1/s1. The fourth-order valence-electron chi connectivity index (χ4n) is 9.51. The van der Waals surface area contributed by atoms with Crippen molar-refractivity contribution < 1.29 is 43.3 Å². The van der Waals surface area contributed by atoms with Gasteiger partial charge in [0.25, 0.3) is 5.69 Å². The third-order valence-corrected chi connectivity index (χ3v) is 12.9. The van der Waals surface area contributed by atoms with Crippen molar-refractivity contribution in [1.82, 2.24) is 25.3 Å². The van der Waals surface area contributed by atoms with Gasteiger partial charge in [0.2, 0.25) is 17.6 Å². The number of fused-ring (bicyclic) bond motifs is 2. The van der Waals surface area contributed by atoms with Gasteiger partial charge >= 0.3 is 6.09 Å². The molecule has 5 saturated heterocycles. The van der Waals surface area contributed by atoms with E-state index in [4.69, 9.17) is 47.2 Å². The van der Waals surface area contributed by atoms with Crippen LogP contribution in [0.15, 0.2) is 18.2 Å². The van der Waals surface area contributed by atoms with Gasteiger partial charge in [0.1, 0.15) is 17.9 Å². The van der Waals surface area contributed by atoms with Crippen LogP contribution in [0.1, 0.15) is 78.4 Å². The number of rotatable bonds is 14. The topological polar surface area (TPSA) is 174 Å². The minimum absolute atomic E-state index is 0.0180. The number of nitrogens with zero attached hydrogens (tertiary/aromatic N) is 4. The first-order chi connectivity index (χ1) is 27.4. The molecule has 5 heterocycles. The number of hydrogen-bond acceptors (Lipinski definition) is 12. The summed E-state index contributed by atoms with van der Waals surface area (Å²) in [4.78, 5) is 70.1. The maximum Gasteiger partial charge on any atom is 0.408 e. The van der Waals surface area contributed by atoms with Crippen LogP contribution in [0.3, 0.4) is 0 Å². The highest BCUT2D eigenvalue weighted by Crippen LogP contribution is 2.60. The Balaban J connectivity index is 1.10. The van der Waals surface area contributed by atoms with Crippen molar-refractivity contribution in [2.75, 3.05) is 57.6 Å². The Morgan fingerprint density at radius 1 is 1.03 bits per heavy atom. The largest absolute Gasteiger partial charge is 0.444 e. The number of halogens is 2. The van der Waals surface area contributed by atoms with Crippen LogP contribution >= 0.6 is 23.2 Å². The molecule has 58 heavy (non-hydrogen) atoms. The van der Waals surface area contributed by atoms with E-state index in [-0.39, 0.29) is 48.2 Å². The Morgan fingerprint density at radius 2 is 1.74 bits per heavy atom. The van der Waals surface area contributed by atoms with Crippen molar-refractivity contribution in [2.24, 2.45) is 23.7 Å². The van der Waals surface area contributed by atoms with E-state index in [1.54, 1.807) is 31.7 Å². The predicted molar refractivity (Wildman–Crippen MR) is 215 cm³/mol. The number of carbonyl (C=O) groups excluding carboxylic acids is 3. The molecule has 9 atom stereocenters. The molecule has 3 unspecified atom stereocenters. The van der Waals surface area contributed by atoms with Crippen molar-refractivity contribution in [3.63, 3.8) is 0 Å². The number of carbonyl (C=O) groups is 3. The Morgan fingerprint density at radius 3 is 2.40 bits per heavy atom. The highest BCUT2D eigenvalue weighted by atomic mass is 35.5. The number of nitro groups is 1. The van der Waals surface area contributed by atoms with E-state index >= 15 is 0 Å². The molecule has 1 spiro atoms. The first-order valence-corrected chi connectivity index (χ1v) is 21.6. The second kappa shape index (κ2) is 18.4. The summed E-state index contributed by atoms with van der Waals surface area (Å²) >= 11 is 12.1. The predicted octanol–water partition coefficient (Wildman–Crippen LogP) is 4.78. The van der Waals surface area contributed by atoms with E-state index in [0.29, 0.717) is 75.5 Å². The van der Waals surface area contributed by atoms with Crippen molar-refractivity contribution in [3.8, 4) is 0 Å². The molecule has 16 nitrogen and oxygen atoms in total. The molecule has 1 saturated carbocycles. The monoisotopic (exact) mass is 854 g/mol. The average Bonchev–Trinajstić information content (AvgIpc) is 3.39. The summed E-state index contributed by atoms with van der Waals surface area (Å²) in [5.74, 6) is -0.0727.